The summed E-state index contributed by atoms with van der Waals surface area (Å²) in [5.74, 6) is 0.949. The van der Waals surface area contributed by atoms with Crippen molar-refractivity contribution in [3.8, 4) is 5.75 Å². The normalized spacial score (nSPS) is 18.4. The molecule has 0 saturated heterocycles. The molecule has 0 atom stereocenters. The Morgan fingerprint density at radius 3 is 3.07 bits per heavy atom. The average molecular weight is 215 g/mol. The van der Waals surface area contributed by atoms with E-state index in [-0.39, 0.29) is 18.0 Å². The summed E-state index contributed by atoms with van der Waals surface area (Å²) in [7, 11) is 0. The first-order valence-corrected chi connectivity index (χ1v) is 4.50. The number of hydrogen-bond donors (Lipinski definition) is 1. The minimum absolute atomic E-state index is 0. The zero-order valence-electron chi connectivity index (χ0n) is 8.41. The lowest BCUT2D eigenvalue weighted by Crippen LogP contribution is -2.37. The monoisotopic (exact) mass is 214 g/mol. The summed E-state index contributed by atoms with van der Waals surface area (Å²) in [6, 6.07) is 1.92. The molecule has 1 N–H and O–H groups in total. The Bertz CT molecular complexity index is 315. The number of rotatable bonds is 0. The molecule has 4 heteroatoms. The fraction of sp³-hybridized carbons (Fsp3) is 0.500. The van der Waals surface area contributed by atoms with E-state index in [1.165, 1.54) is 0 Å². The van der Waals surface area contributed by atoms with Crippen molar-refractivity contribution in [3.05, 3.63) is 24.0 Å². The average Bonchev–Trinajstić information content (AvgIpc) is 2.21. The Balaban J connectivity index is 0.000000980. The molecule has 0 radical (unpaired) electrons. The molecule has 2 heterocycles. The lowest BCUT2D eigenvalue weighted by atomic mass is 10.1. The van der Waals surface area contributed by atoms with E-state index in [4.69, 9.17) is 4.74 Å². The fourth-order valence-corrected chi connectivity index (χ4v) is 1.48. The number of nitrogens with zero attached hydrogens (tertiary/aromatic N) is 1. The van der Waals surface area contributed by atoms with Crippen molar-refractivity contribution >= 4 is 12.4 Å². The van der Waals surface area contributed by atoms with E-state index < -0.39 is 0 Å². The van der Waals surface area contributed by atoms with Gasteiger partial charge in [0.1, 0.15) is 11.4 Å². The molecule has 0 bridgehead atoms. The molecule has 0 aliphatic carbocycles. The zero-order chi connectivity index (χ0) is 9.31. The highest BCUT2D eigenvalue weighted by atomic mass is 35.5. The van der Waals surface area contributed by atoms with Gasteiger partial charge in [0.2, 0.25) is 0 Å². The maximum atomic E-state index is 5.84. The van der Waals surface area contributed by atoms with E-state index in [0.29, 0.717) is 0 Å². The van der Waals surface area contributed by atoms with Crippen molar-refractivity contribution < 1.29 is 4.74 Å². The van der Waals surface area contributed by atoms with Gasteiger partial charge < -0.3 is 10.1 Å². The Morgan fingerprint density at radius 1 is 1.50 bits per heavy atom. The molecule has 2 rings (SSSR count). The maximum absolute atomic E-state index is 5.84. The molecule has 0 fully saturated rings. The third-order valence-electron chi connectivity index (χ3n) is 2.11. The SMILES string of the molecule is CC1(C)CNCc2cnccc2O1.Cl. The number of fused-ring (bicyclic) bond motifs is 1. The molecule has 0 saturated carbocycles. The van der Waals surface area contributed by atoms with Crippen molar-refractivity contribution in [2.45, 2.75) is 26.0 Å². The highest BCUT2D eigenvalue weighted by Crippen LogP contribution is 2.24. The molecule has 1 aromatic rings. The smallest absolute Gasteiger partial charge is 0.127 e. The van der Waals surface area contributed by atoms with Crippen LogP contribution in [0.25, 0.3) is 0 Å². The highest BCUT2D eigenvalue weighted by Gasteiger charge is 2.23. The Kier molecular flexibility index (Phi) is 3.34. The van der Waals surface area contributed by atoms with Crippen molar-refractivity contribution in [2.75, 3.05) is 6.54 Å². The van der Waals surface area contributed by atoms with E-state index in [1.807, 2.05) is 12.3 Å². The first-order valence-electron chi connectivity index (χ1n) is 4.50. The van der Waals surface area contributed by atoms with E-state index in [1.54, 1.807) is 6.20 Å². The zero-order valence-corrected chi connectivity index (χ0v) is 9.23. The number of aromatic nitrogens is 1. The second kappa shape index (κ2) is 4.15. The minimum Gasteiger partial charge on any atom is -0.486 e. The Hall–Kier alpha value is -0.800. The van der Waals surface area contributed by atoms with Gasteiger partial charge in [-0.1, -0.05) is 0 Å². The molecule has 1 aromatic heterocycles. The molecular formula is C10H15ClN2O. The lowest BCUT2D eigenvalue weighted by molar-refractivity contribution is 0.115. The summed E-state index contributed by atoms with van der Waals surface area (Å²) in [5, 5.41) is 3.33. The van der Waals surface area contributed by atoms with Gasteiger partial charge in [-0.3, -0.25) is 4.98 Å². The van der Waals surface area contributed by atoms with Crippen molar-refractivity contribution in [2.24, 2.45) is 0 Å². The van der Waals surface area contributed by atoms with Gasteiger partial charge in [0.15, 0.2) is 0 Å². The summed E-state index contributed by atoms with van der Waals surface area (Å²) in [6.45, 7) is 5.86. The van der Waals surface area contributed by atoms with Crippen LogP contribution in [0.2, 0.25) is 0 Å². The molecular weight excluding hydrogens is 200 g/mol. The van der Waals surface area contributed by atoms with Crippen LogP contribution in [0.15, 0.2) is 18.5 Å². The summed E-state index contributed by atoms with van der Waals surface area (Å²) in [4.78, 5) is 4.07. The van der Waals surface area contributed by atoms with Gasteiger partial charge in [-0.05, 0) is 19.9 Å². The molecule has 0 amide bonds. The third kappa shape index (κ3) is 2.36. The number of nitrogens with one attached hydrogen (secondary N) is 1. The maximum Gasteiger partial charge on any atom is 0.127 e. The third-order valence-corrected chi connectivity index (χ3v) is 2.11. The van der Waals surface area contributed by atoms with Gasteiger partial charge >= 0.3 is 0 Å². The van der Waals surface area contributed by atoms with Crippen LogP contribution in [-0.2, 0) is 6.54 Å². The summed E-state index contributed by atoms with van der Waals surface area (Å²) in [5.41, 5.74) is 1.00. The summed E-state index contributed by atoms with van der Waals surface area (Å²) >= 11 is 0. The molecule has 0 aromatic carbocycles. The molecule has 3 nitrogen and oxygen atoms in total. The van der Waals surface area contributed by atoms with Gasteiger partial charge in [-0.25, -0.2) is 0 Å². The van der Waals surface area contributed by atoms with Gasteiger partial charge in [0.05, 0.1) is 0 Å². The topological polar surface area (TPSA) is 34.2 Å². The minimum atomic E-state index is -0.132. The molecule has 0 unspecified atom stereocenters. The summed E-state index contributed by atoms with van der Waals surface area (Å²) < 4.78 is 5.84. The standard InChI is InChI=1S/C10H14N2O.ClH/c1-10(2)7-12-6-8-5-11-4-3-9(8)13-10;/h3-5,12H,6-7H2,1-2H3;1H. The molecule has 0 spiro atoms. The van der Waals surface area contributed by atoms with Crippen LogP contribution >= 0.6 is 12.4 Å². The second-order valence-electron chi connectivity index (χ2n) is 3.95. The first-order chi connectivity index (χ1) is 6.17. The molecule has 1 aliphatic rings. The van der Waals surface area contributed by atoms with Crippen LogP contribution in [0.5, 0.6) is 5.75 Å². The van der Waals surface area contributed by atoms with Gasteiger partial charge in [0.25, 0.3) is 0 Å². The van der Waals surface area contributed by atoms with Crippen molar-refractivity contribution in [1.29, 1.82) is 0 Å². The number of hydrogen-bond acceptors (Lipinski definition) is 3. The first kappa shape index (κ1) is 11.3. The van der Waals surface area contributed by atoms with E-state index in [2.05, 4.69) is 24.1 Å². The predicted octanol–water partition coefficient (Wildman–Crippen LogP) is 1.76. The quantitative estimate of drug-likeness (QED) is 0.715. The molecule has 14 heavy (non-hydrogen) atoms. The largest absolute Gasteiger partial charge is 0.486 e. The molecule has 78 valence electrons. The lowest BCUT2D eigenvalue weighted by Gasteiger charge is -2.24. The number of halogens is 1. The van der Waals surface area contributed by atoms with Crippen LogP contribution in [0.1, 0.15) is 19.4 Å². The van der Waals surface area contributed by atoms with Gasteiger partial charge in [-0.15, -0.1) is 12.4 Å². The fourth-order valence-electron chi connectivity index (χ4n) is 1.48. The van der Waals surface area contributed by atoms with Gasteiger partial charge in [-0.2, -0.15) is 0 Å². The molecule has 1 aliphatic heterocycles. The van der Waals surface area contributed by atoms with Crippen molar-refractivity contribution in [1.82, 2.24) is 10.3 Å². The second-order valence-corrected chi connectivity index (χ2v) is 3.95. The van der Waals surface area contributed by atoms with Crippen LogP contribution in [0.3, 0.4) is 0 Å². The van der Waals surface area contributed by atoms with Crippen molar-refractivity contribution in [3.63, 3.8) is 0 Å². The Labute approximate surface area is 90.3 Å². The highest BCUT2D eigenvalue weighted by molar-refractivity contribution is 5.85. The van der Waals surface area contributed by atoms with Crippen LogP contribution in [0, 0.1) is 0 Å². The van der Waals surface area contributed by atoms with Crippen LogP contribution in [0.4, 0.5) is 0 Å². The van der Waals surface area contributed by atoms with Crippen LogP contribution < -0.4 is 10.1 Å². The van der Waals surface area contributed by atoms with E-state index in [0.717, 1.165) is 24.4 Å². The van der Waals surface area contributed by atoms with Crippen LogP contribution in [-0.4, -0.2) is 17.1 Å². The summed E-state index contributed by atoms with van der Waals surface area (Å²) in [6.07, 6.45) is 3.62. The number of pyridine rings is 1. The van der Waals surface area contributed by atoms with Gasteiger partial charge in [0, 0.05) is 31.0 Å². The van der Waals surface area contributed by atoms with E-state index in [9.17, 15) is 0 Å². The van der Waals surface area contributed by atoms with E-state index >= 15 is 0 Å². The predicted molar refractivity (Wildman–Crippen MR) is 57.9 cm³/mol. The number of ether oxygens (including phenoxy) is 1. The Morgan fingerprint density at radius 2 is 2.29 bits per heavy atom.